The summed E-state index contributed by atoms with van der Waals surface area (Å²) in [5.74, 6) is -1.03. The molecule has 180 valence electrons. The smallest absolute Gasteiger partial charge is 0.350 e. The van der Waals surface area contributed by atoms with Crippen molar-refractivity contribution in [1.29, 1.82) is 0 Å². The lowest BCUT2D eigenvalue weighted by atomic mass is 10.2. The zero-order chi connectivity index (χ0) is 24.7. The Morgan fingerprint density at radius 1 is 1.21 bits per heavy atom. The van der Waals surface area contributed by atoms with Gasteiger partial charge in [0, 0.05) is 13.1 Å². The van der Waals surface area contributed by atoms with E-state index in [0.717, 1.165) is 23.3 Å². The summed E-state index contributed by atoms with van der Waals surface area (Å²) in [4.78, 5) is 54.2. The zero-order valence-electron chi connectivity index (χ0n) is 19.0. The topological polar surface area (TPSA) is 140 Å². The van der Waals surface area contributed by atoms with Crippen molar-refractivity contribution in [3.8, 4) is 0 Å². The van der Waals surface area contributed by atoms with Gasteiger partial charge in [-0.1, -0.05) is 43.7 Å². The number of rotatable bonds is 10. The molecular formula is C23H27N5O5S. The Hall–Kier alpha value is -3.86. The lowest BCUT2D eigenvalue weighted by molar-refractivity contribution is -0.115. The van der Waals surface area contributed by atoms with E-state index in [1.165, 1.54) is 16.6 Å². The number of nitrogens with one attached hydrogen (secondary N) is 2. The molecule has 0 spiro atoms. The Morgan fingerprint density at radius 2 is 1.94 bits per heavy atom. The number of hydrogen-bond donors (Lipinski definition) is 3. The molecule has 2 aromatic heterocycles. The van der Waals surface area contributed by atoms with Crippen molar-refractivity contribution < 1.29 is 14.3 Å². The fraction of sp³-hybridized carbons (Fsp3) is 0.304. The van der Waals surface area contributed by atoms with Crippen LogP contribution in [0.15, 0.2) is 51.4 Å². The number of benzene rings is 1. The second kappa shape index (κ2) is 11.3. The first-order valence-electron chi connectivity index (χ1n) is 10.7. The number of carbonyl (C=O) groups excluding carboxylic acids is 2. The Kier molecular flexibility index (Phi) is 8.25. The van der Waals surface area contributed by atoms with Crippen molar-refractivity contribution in [1.82, 2.24) is 9.55 Å². The fourth-order valence-electron chi connectivity index (χ4n) is 3.46. The number of ether oxygens (including phenoxy) is 1. The number of thiophene rings is 1. The molecule has 2 heterocycles. The number of unbranched alkanes of at least 4 members (excludes halogenated alkanes) is 1. The molecule has 1 aromatic carbocycles. The van der Waals surface area contributed by atoms with Gasteiger partial charge in [0.1, 0.15) is 16.4 Å². The van der Waals surface area contributed by atoms with Crippen molar-refractivity contribution in [2.24, 2.45) is 0 Å². The number of aromatic amines is 1. The van der Waals surface area contributed by atoms with Crippen LogP contribution in [-0.4, -0.2) is 35.1 Å². The second-order valence-corrected chi connectivity index (χ2v) is 8.46. The first-order valence-corrected chi connectivity index (χ1v) is 11.6. The van der Waals surface area contributed by atoms with Crippen LogP contribution in [0.1, 0.15) is 35.0 Å². The molecule has 0 fully saturated rings. The zero-order valence-corrected chi connectivity index (χ0v) is 19.8. The Morgan fingerprint density at radius 3 is 2.62 bits per heavy atom. The molecule has 0 bridgehead atoms. The van der Waals surface area contributed by atoms with E-state index in [9.17, 15) is 19.2 Å². The number of nitrogen functional groups attached to an aromatic ring is 1. The number of carbonyl (C=O) groups is 2. The summed E-state index contributed by atoms with van der Waals surface area (Å²) in [5.41, 5.74) is 6.21. The fourth-order valence-corrected chi connectivity index (χ4v) is 4.23. The van der Waals surface area contributed by atoms with E-state index in [-0.39, 0.29) is 29.5 Å². The standard InChI is InChI=1S/C23H27N5O5S/c1-3-4-11-28-20(24)18(21(30)26-23(28)32)27(13-15-8-6-5-7-9-15)14-17(29)25-16-10-12-34-19(16)22(31)33-2/h5-10,12H,3-4,11,13-14,24H2,1-2H3,(H,25,29)(H,26,30,32). The number of nitrogens with zero attached hydrogens (tertiary/aromatic N) is 2. The number of aromatic nitrogens is 2. The number of nitrogens with two attached hydrogens (primary N) is 1. The van der Waals surface area contributed by atoms with Gasteiger partial charge in [0.05, 0.1) is 19.3 Å². The van der Waals surface area contributed by atoms with Crippen LogP contribution in [0.25, 0.3) is 0 Å². The molecule has 34 heavy (non-hydrogen) atoms. The molecule has 1 amide bonds. The molecule has 0 saturated carbocycles. The molecule has 0 aliphatic heterocycles. The van der Waals surface area contributed by atoms with E-state index in [2.05, 4.69) is 10.3 Å². The third-order valence-electron chi connectivity index (χ3n) is 5.13. The summed E-state index contributed by atoms with van der Waals surface area (Å²) in [6.45, 7) is 2.27. The van der Waals surface area contributed by atoms with Crippen LogP contribution in [0.3, 0.4) is 0 Å². The van der Waals surface area contributed by atoms with Crippen LogP contribution in [-0.2, 0) is 22.6 Å². The molecule has 3 rings (SSSR count). The number of anilines is 3. The first-order chi connectivity index (χ1) is 16.3. The van der Waals surface area contributed by atoms with Crippen molar-refractivity contribution in [3.05, 3.63) is 73.1 Å². The van der Waals surface area contributed by atoms with Gasteiger partial charge < -0.3 is 20.7 Å². The molecule has 0 unspecified atom stereocenters. The summed E-state index contributed by atoms with van der Waals surface area (Å²) in [6.07, 6.45) is 1.53. The summed E-state index contributed by atoms with van der Waals surface area (Å²) in [5, 5.41) is 4.36. The van der Waals surface area contributed by atoms with Crippen LogP contribution >= 0.6 is 11.3 Å². The number of methoxy groups -OCH3 is 1. The average molecular weight is 486 g/mol. The number of hydrogen-bond acceptors (Lipinski definition) is 8. The van der Waals surface area contributed by atoms with Gasteiger partial charge in [-0.2, -0.15) is 0 Å². The minimum atomic E-state index is -0.676. The summed E-state index contributed by atoms with van der Waals surface area (Å²) >= 11 is 1.14. The van der Waals surface area contributed by atoms with Gasteiger partial charge in [-0.05, 0) is 23.4 Å². The normalized spacial score (nSPS) is 10.6. The predicted octanol–water partition coefficient (Wildman–Crippen LogP) is 2.41. The monoisotopic (exact) mass is 485 g/mol. The van der Waals surface area contributed by atoms with Gasteiger partial charge in [0.25, 0.3) is 5.56 Å². The van der Waals surface area contributed by atoms with E-state index in [0.29, 0.717) is 18.7 Å². The van der Waals surface area contributed by atoms with E-state index in [4.69, 9.17) is 10.5 Å². The average Bonchev–Trinajstić information content (AvgIpc) is 3.26. The van der Waals surface area contributed by atoms with Gasteiger partial charge in [-0.15, -0.1) is 11.3 Å². The molecule has 0 aliphatic rings. The van der Waals surface area contributed by atoms with E-state index < -0.39 is 23.1 Å². The molecule has 0 radical (unpaired) electrons. The van der Waals surface area contributed by atoms with Gasteiger partial charge in [-0.25, -0.2) is 9.59 Å². The maximum Gasteiger partial charge on any atom is 0.350 e. The highest BCUT2D eigenvalue weighted by atomic mass is 32.1. The van der Waals surface area contributed by atoms with Crippen molar-refractivity contribution in [3.63, 3.8) is 0 Å². The third kappa shape index (κ3) is 5.73. The lowest BCUT2D eigenvalue weighted by Gasteiger charge is -2.26. The lowest BCUT2D eigenvalue weighted by Crippen LogP contribution is -2.41. The van der Waals surface area contributed by atoms with E-state index in [1.807, 2.05) is 37.3 Å². The highest BCUT2D eigenvalue weighted by molar-refractivity contribution is 7.12. The van der Waals surface area contributed by atoms with Crippen LogP contribution in [0.2, 0.25) is 0 Å². The molecular weight excluding hydrogens is 458 g/mol. The van der Waals surface area contributed by atoms with E-state index in [1.54, 1.807) is 11.4 Å². The quantitative estimate of drug-likeness (QED) is 0.375. The van der Waals surface area contributed by atoms with Crippen molar-refractivity contribution >= 4 is 40.4 Å². The summed E-state index contributed by atoms with van der Waals surface area (Å²) in [7, 11) is 1.26. The van der Waals surface area contributed by atoms with Gasteiger partial charge >= 0.3 is 11.7 Å². The van der Waals surface area contributed by atoms with Gasteiger partial charge in [0.15, 0.2) is 0 Å². The maximum absolute atomic E-state index is 13.0. The first kappa shape index (κ1) is 24.8. The third-order valence-corrected chi connectivity index (χ3v) is 6.02. The van der Waals surface area contributed by atoms with Gasteiger partial charge in [0.2, 0.25) is 5.91 Å². The predicted molar refractivity (Wildman–Crippen MR) is 132 cm³/mol. The molecule has 3 aromatic rings. The number of H-pyrrole nitrogens is 1. The molecule has 0 aliphatic carbocycles. The van der Waals surface area contributed by atoms with Crippen molar-refractivity contribution in [2.75, 3.05) is 29.6 Å². The van der Waals surface area contributed by atoms with Crippen LogP contribution < -0.4 is 27.2 Å². The highest BCUT2D eigenvalue weighted by Crippen LogP contribution is 2.24. The minimum absolute atomic E-state index is 0.00304. The molecule has 11 heteroatoms. The highest BCUT2D eigenvalue weighted by Gasteiger charge is 2.23. The molecule has 10 nitrogen and oxygen atoms in total. The summed E-state index contributed by atoms with van der Waals surface area (Å²) in [6, 6.07) is 10.9. The number of amides is 1. The second-order valence-electron chi connectivity index (χ2n) is 7.54. The maximum atomic E-state index is 13.0. The van der Waals surface area contributed by atoms with Crippen LogP contribution in [0.5, 0.6) is 0 Å². The Balaban J connectivity index is 1.96. The molecule has 0 saturated heterocycles. The largest absolute Gasteiger partial charge is 0.465 e. The van der Waals surface area contributed by atoms with E-state index >= 15 is 0 Å². The van der Waals surface area contributed by atoms with Crippen LogP contribution in [0, 0.1) is 0 Å². The van der Waals surface area contributed by atoms with Crippen molar-refractivity contribution in [2.45, 2.75) is 32.9 Å². The molecule has 4 N–H and O–H groups in total. The molecule has 0 atom stereocenters. The Bertz CT molecular complexity index is 1260. The Labute approximate surface area is 200 Å². The number of esters is 1. The SMILES string of the molecule is CCCCn1c(N)c(N(CC(=O)Nc2ccsc2C(=O)OC)Cc2ccccc2)c(=O)[nH]c1=O. The van der Waals surface area contributed by atoms with Crippen LogP contribution in [0.4, 0.5) is 17.2 Å². The summed E-state index contributed by atoms with van der Waals surface area (Å²) < 4.78 is 6.06. The minimum Gasteiger partial charge on any atom is -0.465 e. The van der Waals surface area contributed by atoms with Gasteiger partial charge in [-0.3, -0.25) is 19.1 Å².